The summed E-state index contributed by atoms with van der Waals surface area (Å²) >= 11 is 0. The monoisotopic (exact) mass is 432 g/mol. The number of hydrogen-bond donors (Lipinski definition) is 1. The van der Waals surface area contributed by atoms with Crippen LogP contribution in [0.3, 0.4) is 0 Å². The number of carbonyl (C=O) groups excluding carboxylic acids is 2. The van der Waals surface area contributed by atoms with Gasteiger partial charge in [0.1, 0.15) is 5.70 Å². The number of para-hydroxylation sites is 1. The standard InChI is InChI=1S/C29H24N2O2/c1-18-15-16-22(17-20(18)3)26-27(30-24-13-7-4-9-19(24)2)29(33)31(28(26)32)25-14-8-11-21-10-5-6-12-23(21)25/h4-17,30H,1-3H3. The molecule has 0 radical (unpaired) electrons. The number of anilines is 2. The Morgan fingerprint density at radius 1 is 0.667 bits per heavy atom. The Bertz CT molecular complexity index is 1460. The first-order valence-corrected chi connectivity index (χ1v) is 11.0. The average Bonchev–Trinajstić information content (AvgIpc) is 3.06. The second kappa shape index (κ2) is 8.06. The number of aryl methyl sites for hydroxylation is 3. The van der Waals surface area contributed by atoms with Gasteiger partial charge >= 0.3 is 0 Å². The number of fused-ring (bicyclic) bond motifs is 1. The Morgan fingerprint density at radius 3 is 2.18 bits per heavy atom. The van der Waals surface area contributed by atoms with Crippen molar-refractivity contribution in [3.63, 3.8) is 0 Å². The van der Waals surface area contributed by atoms with Gasteiger partial charge in [0.2, 0.25) is 0 Å². The van der Waals surface area contributed by atoms with Gasteiger partial charge in [-0.3, -0.25) is 9.59 Å². The van der Waals surface area contributed by atoms with Crippen molar-refractivity contribution < 1.29 is 9.59 Å². The molecule has 0 unspecified atom stereocenters. The summed E-state index contributed by atoms with van der Waals surface area (Å²) in [5.41, 5.74) is 6.00. The lowest BCUT2D eigenvalue weighted by molar-refractivity contribution is -0.120. The van der Waals surface area contributed by atoms with Crippen molar-refractivity contribution in [2.45, 2.75) is 20.8 Å². The Morgan fingerprint density at radius 2 is 1.39 bits per heavy atom. The van der Waals surface area contributed by atoms with Crippen LogP contribution in [0.2, 0.25) is 0 Å². The molecule has 0 saturated heterocycles. The van der Waals surface area contributed by atoms with E-state index in [0.29, 0.717) is 17.0 Å². The summed E-state index contributed by atoms with van der Waals surface area (Å²) in [6.07, 6.45) is 0. The van der Waals surface area contributed by atoms with E-state index in [0.717, 1.165) is 38.7 Å². The van der Waals surface area contributed by atoms with Crippen LogP contribution in [0.4, 0.5) is 11.4 Å². The highest BCUT2D eigenvalue weighted by Gasteiger charge is 2.41. The van der Waals surface area contributed by atoms with Gasteiger partial charge in [-0.25, -0.2) is 4.90 Å². The fourth-order valence-corrected chi connectivity index (χ4v) is 4.28. The van der Waals surface area contributed by atoms with E-state index in [9.17, 15) is 9.59 Å². The number of benzene rings is 4. The predicted octanol–water partition coefficient (Wildman–Crippen LogP) is 6.16. The highest BCUT2D eigenvalue weighted by molar-refractivity contribution is 6.47. The van der Waals surface area contributed by atoms with Crippen molar-refractivity contribution >= 4 is 39.5 Å². The summed E-state index contributed by atoms with van der Waals surface area (Å²) in [6.45, 7) is 6.02. The third-order valence-electron chi connectivity index (χ3n) is 6.29. The normalized spacial score (nSPS) is 13.8. The minimum absolute atomic E-state index is 0.297. The highest BCUT2D eigenvalue weighted by Crippen LogP contribution is 2.37. The Labute approximate surface area is 193 Å². The molecule has 0 atom stereocenters. The maximum absolute atomic E-state index is 13.8. The van der Waals surface area contributed by atoms with E-state index in [1.54, 1.807) is 0 Å². The molecule has 0 bridgehead atoms. The van der Waals surface area contributed by atoms with Crippen molar-refractivity contribution in [3.05, 3.63) is 113 Å². The molecular formula is C29H24N2O2. The molecule has 0 aliphatic carbocycles. The van der Waals surface area contributed by atoms with E-state index in [1.807, 2.05) is 106 Å². The zero-order valence-corrected chi connectivity index (χ0v) is 18.8. The first-order valence-electron chi connectivity index (χ1n) is 11.0. The Balaban J connectivity index is 1.69. The molecule has 0 spiro atoms. The largest absolute Gasteiger partial charge is 0.350 e. The number of nitrogens with one attached hydrogen (secondary N) is 1. The molecule has 4 heteroatoms. The van der Waals surface area contributed by atoms with Crippen LogP contribution < -0.4 is 10.2 Å². The lowest BCUT2D eigenvalue weighted by atomic mass is 9.99. The van der Waals surface area contributed by atoms with Crippen molar-refractivity contribution in [1.29, 1.82) is 0 Å². The minimum Gasteiger partial charge on any atom is -0.350 e. The van der Waals surface area contributed by atoms with Gasteiger partial charge in [-0.15, -0.1) is 0 Å². The second-order valence-electron chi connectivity index (χ2n) is 8.43. The summed E-state index contributed by atoms with van der Waals surface area (Å²) in [5.74, 6) is -0.677. The fourth-order valence-electron chi connectivity index (χ4n) is 4.28. The SMILES string of the molecule is Cc1ccc(C2=C(Nc3ccccc3C)C(=O)N(c3cccc4ccccc34)C2=O)cc1C. The summed E-state index contributed by atoms with van der Waals surface area (Å²) < 4.78 is 0. The Hall–Kier alpha value is -4.18. The lowest BCUT2D eigenvalue weighted by Crippen LogP contribution is -2.32. The van der Waals surface area contributed by atoms with Crippen LogP contribution in [0, 0.1) is 20.8 Å². The van der Waals surface area contributed by atoms with Crippen molar-refractivity contribution in [3.8, 4) is 0 Å². The topological polar surface area (TPSA) is 49.4 Å². The maximum atomic E-state index is 13.8. The number of carbonyl (C=O) groups is 2. The first-order chi connectivity index (χ1) is 16.0. The van der Waals surface area contributed by atoms with Crippen LogP contribution in [0.5, 0.6) is 0 Å². The van der Waals surface area contributed by atoms with E-state index in [4.69, 9.17) is 0 Å². The molecule has 1 heterocycles. The van der Waals surface area contributed by atoms with Gasteiger partial charge in [-0.1, -0.05) is 72.8 Å². The third kappa shape index (κ3) is 3.50. The minimum atomic E-state index is -0.354. The molecule has 4 aromatic carbocycles. The number of rotatable bonds is 4. The molecule has 5 rings (SSSR count). The zero-order chi connectivity index (χ0) is 23.1. The van der Waals surface area contributed by atoms with Crippen LogP contribution in [0.15, 0.2) is 90.6 Å². The molecule has 1 N–H and O–H groups in total. The Kier molecular flexibility index (Phi) is 5.06. The number of imide groups is 1. The van der Waals surface area contributed by atoms with E-state index in [-0.39, 0.29) is 11.8 Å². The van der Waals surface area contributed by atoms with Crippen LogP contribution in [-0.2, 0) is 9.59 Å². The molecule has 0 saturated carbocycles. The van der Waals surface area contributed by atoms with E-state index in [2.05, 4.69) is 5.32 Å². The molecule has 0 aromatic heterocycles. The molecule has 4 nitrogen and oxygen atoms in total. The van der Waals surface area contributed by atoms with Gasteiger partial charge in [0.25, 0.3) is 11.8 Å². The quantitative estimate of drug-likeness (QED) is 0.393. The average molecular weight is 433 g/mol. The number of hydrogen-bond acceptors (Lipinski definition) is 3. The van der Waals surface area contributed by atoms with Crippen molar-refractivity contribution in [2.75, 3.05) is 10.2 Å². The van der Waals surface area contributed by atoms with Gasteiger partial charge in [0, 0.05) is 11.1 Å². The van der Waals surface area contributed by atoms with Gasteiger partial charge in [0.15, 0.2) is 0 Å². The van der Waals surface area contributed by atoms with Gasteiger partial charge in [-0.05, 0) is 60.5 Å². The molecule has 2 amide bonds. The molecule has 1 aliphatic heterocycles. The molecular weight excluding hydrogens is 408 g/mol. The van der Waals surface area contributed by atoms with Crippen molar-refractivity contribution in [1.82, 2.24) is 0 Å². The molecule has 162 valence electrons. The van der Waals surface area contributed by atoms with Gasteiger partial charge < -0.3 is 5.32 Å². The van der Waals surface area contributed by atoms with E-state index < -0.39 is 0 Å². The van der Waals surface area contributed by atoms with E-state index >= 15 is 0 Å². The molecule has 1 aliphatic rings. The molecule has 0 fully saturated rings. The van der Waals surface area contributed by atoms with Crippen LogP contribution in [0.1, 0.15) is 22.3 Å². The third-order valence-corrected chi connectivity index (χ3v) is 6.29. The first kappa shape index (κ1) is 20.7. The maximum Gasteiger partial charge on any atom is 0.282 e. The molecule has 4 aromatic rings. The van der Waals surface area contributed by atoms with Crippen molar-refractivity contribution in [2.24, 2.45) is 0 Å². The smallest absolute Gasteiger partial charge is 0.282 e. The van der Waals surface area contributed by atoms with Crippen LogP contribution >= 0.6 is 0 Å². The summed E-state index contributed by atoms with van der Waals surface area (Å²) in [4.78, 5) is 28.9. The lowest BCUT2D eigenvalue weighted by Gasteiger charge is -2.18. The fraction of sp³-hybridized carbons (Fsp3) is 0.103. The molecule has 33 heavy (non-hydrogen) atoms. The summed E-state index contributed by atoms with van der Waals surface area (Å²) in [6, 6.07) is 27.1. The highest BCUT2D eigenvalue weighted by atomic mass is 16.2. The van der Waals surface area contributed by atoms with Gasteiger partial charge in [-0.2, -0.15) is 0 Å². The number of amides is 2. The van der Waals surface area contributed by atoms with Crippen LogP contribution in [-0.4, -0.2) is 11.8 Å². The second-order valence-corrected chi connectivity index (χ2v) is 8.43. The zero-order valence-electron chi connectivity index (χ0n) is 18.8. The number of nitrogens with zero attached hydrogens (tertiary/aromatic N) is 1. The summed E-state index contributed by atoms with van der Waals surface area (Å²) in [5, 5.41) is 5.12. The summed E-state index contributed by atoms with van der Waals surface area (Å²) in [7, 11) is 0. The predicted molar refractivity (Wildman–Crippen MR) is 134 cm³/mol. The van der Waals surface area contributed by atoms with Crippen LogP contribution in [0.25, 0.3) is 16.3 Å². The van der Waals surface area contributed by atoms with E-state index in [1.165, 1.54) is 4.90 Å². The van der Waals surface area contributed by atoms with Gasteiger partial charge in [0.05, 0.1) is 11.3 Å².